The van der Waals surface area contributed by atoms with Crippen LogP contribution in [0.5, 0.6) is 0 Å². The molecule has 1 aliphatic carbocycles. The molecule has 1 heterocycles. The molecule has 1 aromatic heterocycles. The molecule has 5 N–H and O–H groups in total. The normalized spacial score (nSPS) is 19.5. The minimum atomic E-state index is -2.81. The van der Waals surface area contributed by atoms with Crippen LogP contribution in [0.3, 0.4) is 0 Å². The molecule has 6 radical (unpaired) electrons. The van der Waals surface area contributed by atoms with Crippen molar-refractivity contribution in [1.82, 2.24) is 10.1 Å². The predicted molar refractivity (Wildman–Crippen MR) is 124 cm³/mol. The van der Waals surface area contributed by atoms with E-state index in [1.807, 2.05) is 0 Å². The Labute approximate surface area is 197 Å². The third-order valence-electron chi connectivity index (χ3n) is 5.08. The molecule has 162 valence electrons. The highest BCUT2D eigenvalue weighted by molar-refractivity contribution is 7.19. The monoisotopic (exact) mass is 472 g/mol. The maximum Gasteiger partial charge on any atom is 0.248 e. The Balaban J connectivity index is 1.86. The smallest absolute Gasteiger partial charge is 0.248 e. The van der Waals surface area contributed by atoms with Crippen molar-refractivity contribution in [2.75, 3.05) is 5.32 Å². The SMILES string of the molecule is [B]C([B])([B])N(N)/N=C(\N)c1ccc(C(C(=O)Nc2ncc(Cl)s2)C2CCC(F)(F)C2)cc1. The van der Waals surface area contributed by atoms with Crippen molar-refractivity contribution in [2.24, 2.45) is 22.6 Å². The van der Waals surface area contributed by atoms with E-state index in [4.69, 9.17) is 46.7 Å². The minimum absolute atomic E-state index is 0.0318. The quantitative estimate of drug-likeness (QED) is 0.187. The summed E-state index contributed by atoms with van der Waals surface area (Å²) in [7, 11) is 16.3. The molecule has 2 aromatic rings. The Hall–Kier alpha value is -2.11. The van der Waals surface area contributed by atoms with Crippen LogP contribution in [0.25, 0.3) is 0 Å². The number of hydrazone groups is 1. The number of alkyl halides is 2. The van der Waals surface area contributed by atoms with Gasteiger partial charge < -0.3 is 11.1 Å². The number of aromatic nitrogens is 1. The summed E-state index contributed by atoms with van der Waals surface area (Å²) >= 11 is 6.94. The van der Waals surface area contributed by atoms with Crippen LogP contribution < -0.4 is 16.9 Å². The van der Waals surface area contributed by atoms with Gasteiger partial charge in [-0.25, -0.2) is 19.6 Å². The van der Waals surface area contributed by atoms with Crippen LogP contribution in [0.1, 0.15) is 36.3 Å². The van der Waals surface area contributed by atoms with Gasteiger partial charge >= 0.3 is 0 Å². The number of nitrogens with one attached hydrogen (secondary N) is 1. The van der Waals surface area contributed by atoms with Crippen LogP contribution in [0.2, 0.25) is 4.34 Å². The largest absolute Gasteiger partial charge is 0.382 e. The van der Waals surface area contributed by atoms with E-state index in [-0.39, 0.29) is 25.1 Å². The Kier molecular flexibility index (Phi) is 7.21. The van der Waals surface area contributed by atoms with Crippen molar-refractivity contribution in [3.05, 3.63) is 45.9 Å². The average molecular weight is 472 g/mol. The number of hydrazine groups is 1. The summed E-state index contributed by atoms with van der Waals surface area (Å²) in [5, 5.41) is 5.47. The van der Waals surface area contributed by atoms with Crippen molar-refractivity contribution < 1.29 is 13.6 Å². The van der Waals surface area contributed by atoms with Gasteiger partial charge in [-0.15, -0.1) is 5.10 Å². The van der Waals surface area contributed by atoms with Crippen LogP contribution in [0.4, 0.5) is 13.9 Å². The summed E-state index contributed by atoms with van der Waals surface area (Å²) in [6.45, 7) is 0. The van der Waals surface area contributed by atoms with Gasteiger partial charge in [0.05, 0.1) is 35.7 Å². The van der Waals surface area contributed by atoms with E-state index >= 15 is 0 Å². The molecule has 32 heavy (non-hydrogen) atoms. The van der Waals surface area contributed by atoms with E-state index in [1.54, 1.807) is 24.3 Å². The Morgan fingerprint density at radius 2 is 2.03 bits per heavy atom. The summed E-state index contributed by atoms with van der Waals surface area (Å²) in [5.74, 6) is 0.879. The van der Waals surface area contributed by atoms with Gasteiger partial charge in [-0.2, -0.15) is 0 Å². The molecular formula is C18H18B3ClF2N6OS. The number of amides is 1. The first-order chi connectivity index (χ1) is 14.9. The summed E-state index contributed by atoms with van der Waals surface area (Å²) in [4.78, 5) is 17.0. The highest BCUT2D eigenvalue weighted by atomic mass is 35.5. The first kappa shape index (κ1) is 24.5. The van der Waals surface area contributed by atoms with Gasteiger partial charge in [0, 0.05) is 18.4 Å². The average Bonchev–Trinajstić information content (AvgIpc) is 3.26. The number of benzene rings is 1. The van der Waals surface area contributed by atoms with E-state index in [0.717, 1.165) is 11.3 Å². The van der Waals surface area contributed by atoms with Crippen LogP contribution in [-0.2, 0) is 4.79 Å². The van der Waals surface area contributed by atoms with Gasteiger partial charge in [0.2, 0.25) is 11.8 Å². The topological polar surface area (TPSA) is 110 Å². The van der Waals surface area contributed by atoms with Crippen molar-refractivity contribution >= 4 is 63.4 Å². The lowest BCUT2D eigenvalue weighted by Gasteiger charge is -2.30. The number of nitrogens with zero attached hydrogens (tertiary/aromatic N) is 3. The third kappa shape index (κ3) is 6.02. The molecule has 0 aliphatic heterocycles. The van der Waals surface area contributed by atoms with Crippen molar-refractivity contribution in [3.8, 4) is 0 Å². The zero-order chi connectivity index (χ0) is 23.7. The molecule has 14 heteroatoms. The number of anilines is 1. The van der Waals surface area contributed by atoms with Gasteiger partial charge in [0.25, 0.3) is 0 Å². The number of hydrogen-bond acceptors (Lipinski definition) is 6. The van der Waals surface area contributed by atoms with Crippen LogP contribution in [0.15, 0.2) is 35.6 Å². The number of carbonyl (C=O) groups is 1. The lowest BCUT2D eigenvalue weighted by molar-refractivity contribution is -0.118. The Morgan fingerprint density at radius 1 is 1.38 bits per heavy atom. The third-order valence-corrected chi connectivity index (χ3v) is 6.11. The predicted octanol–water partition coefficient (Wildman–Crippen LogP) is 1.87. The highest BCUT2D eigenvalue weighted by Gasteiger charge is 2.45. The second-order valence-electron chi connectivity index (χ2n) is 7.63. The van der Waals surface area contributed by atoms with Crippen LogP contribution in [-0.4, -0.2) is 56.5 Å². The van der Waals surface area contributed by atoms with Gasteiger partial charge in [-0.3, -0.25) is 9.91 Å². The number of nitrogens with two attached hydrogens (primary N) is 2. The fourth-order valence-corrected chi connectivity index (χ4v) is 4.34. The molecular weight excluding hydrogens is 454 g/mol. The number of carbonyl (C=O) groups excluding carboxylic acids is 1. The molecule has 0 saturated heterocycles. The molecule has 1 amide bonds. The van der Waals surface area contributed by atoms with Crippen molar-refractivity contribution in [2.45, 2.75) is 36.3 Å². The van der Waals surface area contributed by atoms with E-state index in [2.05, 4.69) is 15.4 Å². The molecule has 2 atom stereocenters. The summed E-state index contributed by atoms with van der Waals surface area (Å²) in [5.41, 5.74) is 6.89. The zero-order valence-corrected chi connectivity index (χ0v) is 18.4. The number of thiazole rings is 1. The standard InChI is InChI=1S/C18H18B3ClF2N6OS/c19-18(20,21)30(26)29-14(25)10-3-1-9(2-4-10)13(11-5-6-17(23,24)7-11)15(31)28-16-27-8-12(22)32-16/h1-4,8,11,13H,5-7,26H2,(H2,25,29)(H,27,28,31). The van der Waals surface area contributed by atoms with Gasteiger partial charge in [0.1, 0.15) is 4.34 Å². The minimum Gasteiger partial charge on any atom is -0.382 e. The molecule has 7 nitrogen and oxygen atoms in total. The van der Waals surface area contributed by atoms with E-state index in [0.29, 0.717) is 25.7 Å². The second kappa shape index (κ2) is 9.40. The molecule has 1 saturated carbocycles. The van der Waals surface area contributed by atoms with E-state index in [9.17, 15) is 13.6 Å². The van der Waals surface area contributed by atoms with Crippen molar-refractivity contribution in [1.29, 1.82) is 0 Å². The van der Waals surface area contributed by atoms with Gasteiger partial charge in [-0.05, 0) is 23.1 Å². The lowest BCUT2D eigenvalue weighted by Crippen LogP contribution is -2.52. The van der Waals surface area contributed by atoms with Gasteiger partial charge in [-0.1, -0.05) is 47.2 Å². The van der Waals surface area contributed by atoms with Crippen molar-refractivity contribution in [3.63, 3.8) is 0 Å². The molecule has 0 bridgehead atoms. The number of halogens is 3. The number of amidine groups is 1. The molecule has 1 aromatic carbocycles. The van der Waals surface area contributed by atoms with Crippen LogP contribution >= 0.6 is 22.9 Å². The molecule has 1 aliphatic rings. The maximum absolute atomic E-state index is 13.9. The summed E-state index contributed by atoms with van der Waals surface area (Å²) in [6, 6.07) is 6.41. The Bertz CT molecular complexity index is 1000. The maximum atomic E-state index is 13.9. The highest BCUT2D eigenvalue weighted by Crippen LogP contribution is 2.46. The second-order valence-corrected chi connectivity index (χ2v) is 9.30. The molecule has 0 spiro atoms. The number of hydrogen-bond donors (Lipinski definition) is 3. The first-order valence-electron chi connectivity index (χ1n) is 9.52. The van der Waals surface area contributed by atoms with Crippen LogP contribution in [0, 0.1) is 5.92 Å². The fraction of sp³-hybridized carbons (Fsp3) is 0.389. The number of rotatable bonds is 7. The fourth-order valence-electron chi connectivity index (χ4n) is 3.52. The Morgan fingerprint density at radius 3 is 2.53 bits per heavy atom. The molecule has 1 fully saturated rings. The van der Waals surface area contributed by atoms with E-state index in [1.165, 1.54) is 6.20 Å². The summed E-state index contributed by atoms with van der Waals surface area (Å²) in [6.07, 6.45) is 0.954. The zero-order valence-electron chi connectivity index (χ0n) is 16.8. The molecule has 2 unspecified atom stereocenters. The molecule has 3 rings (SSSR count). The summed E-state index contributed by atoms with van der Waals surface area (Å²) < 4.78 is 28.2. The first-order valence-corrected chi connectivity index (χ1v) is 10.7. The van der Waals surface area contributed by atoms with E-state index < -0.39 is 28.9 Å². The van der Waals surface area contributed by atoms with Gasteiger partial charge in [0.15, 0.2) is 11.0 Å². The lowest BCUT2D eigenvalue weighted by atomic mass is 9.49.